The highest BCUT2D eigenvalue weighted by atomic mass is 16.4. The van der Waals surface area contributed by atoms with E-state index >= 15 is 0 Å². The van der Waals surface area contributed by atoms with Gasteiger partial charge in [-0.25, -0.2) is 4.79 Å². The van der Waals surface area contributed by atoms with E-state index in [0.717, 1.165) is 5.56 Å². The molecule has 10 nitrogen and oxygen atoms in total. The van der Waals surface area contributed by atoms with E-state index in [1.165, 1.54) is 11.8 Å². The summed E-state index contributed by atoms with van der Waals surface area (Å²) in [6, 6.07) is 4.99. The van der Waals surface area contributed by atoms with Crippen molar-refractivity contribution in [2.24, 2.45) is 11.7 Å². The first kappa shape index (κ1) is 27.3. The molecule has 188 valence electrons. The molecule has 6 unspecified atom stereocenters. The Kier molecular flexibility index (Phi) is 10.0. The minimum absolute atomic E-state index is 0.174. The third-order valence-electron chi connectivity index (χ3n) is 6.34. The average molecular weight is 477 g/mol. The van der Waals surface area contributed by atoms with E-state index in [0.29, 0.717) is 25.8 Å². The van der Waals surface area contributed by atoms with Gasteiger partial charge in [0.05, 0.1) is 6.10 Å². The lowest BCUT2D eigenvalue weighted by Gasteiger charge is -2.31. The lowest BCUT2D eigenvalue weighted by molar-refractivity contribution is -0.146. The summed E-state index contributed by atoms with van der Waals surface area (Å²) in [6.45, 7) is 5.28. The quantitative estimate of drug-likeness (QED) is 0.301. The zero-order valence-electron chi connectivity index (χ0n) is 19.9. The molecule has 6 atom stereocenters. The second-order valence-electron chi connectivity index (χ2n) is 8.92. The van der Waals surface area contributed by atoms with Crippen LogP contribution in [0.3, 0.4) is 0 Å². The van der Waals surface area contributed by atoms with Gasteiger partial charge in [-0.05, 0) is 31.2 Å². The van der Waals surface area contributed by atoms with Gasteiger partial charge < -0.3 is 31.5 Å². The summed E-state index contributed by atoms with van der Waals surface area (Å²) >= 11 is 0. The zero-order chi connectivity index (χ0) is 25.4. The molecular formula is C24H36N4O6. The van der Waals surface area contributed by atoms with E-state index in [1.54, 1.807) is 6.92 Å². The van der Waals surface area contributed by atoms with Gasteiger partial charge in [0.25, 0.3) is 0 Å². The van der Waals surface area contributed by atoms with Crippen molar-refractivity contribution in [2.75, 3.05) is 6.54 Å². The standard InChI is InChI=1S/C24H36N4O6/c1-4-14(2)20(24(33)34)27-21(30)18-11-8-12-28(18)23(32)17(13-16-9-6-5-7-10-16)26-22(31)19(25)15(3)29/h5-7,9-10,14-15,17-20,29H,4,8,11-13,25H2,1-3H3,(H,26,31)(H,27,30)(H,33,34). The van der Waals surface area contributed by atoms with Gasteiger partial charge in [-0.1, -0.05) is 50.6 Å². The van der Waals surface area contributed by atoms with Gasteiger partial charge in [0.15, 0.2) is 0 Å². The lowest BCUT2D eigenvalue weighted by atomic mass is 9.98. The van der Waals surface area contributed by atoms with Gasteiger partial charge in [0.1, 0.15) is 24.2 Å². The molecule has 1 saturated heterocycles. The number of aliphatic hydroxyl groups excluding tert-OH is 1. The molecule has 1 aliphatic heterocycles. The molecule has 0 aliphatic carbocycles. The Morgan fingerprint density at radius 2 is 1.79 bits per heavy atom. The molecule has 1 aliphatic rings. The molecule has 10 heteroatoms. The molecule has 0 bridgehead atoms. The second kappa shape index (κ2) is 12.5. The first-order valence-corrected chi connectivity index (χ1v) is 11.7. The van der Waals surface area contributed by atoms with Crippen molar-refractivity contribution in [2.45, 2.75) is 76.7 Å². The summed E-state index contributed by atoms with van der Waals surface area (Å²) in [5.41, 5.74) is 6.55. The van der Waals surface area contributed by atoms with Crippen molar-refractivity contribution in [1.82, 2.24) is 15.5 Å². The maximum absolute atomic E-state index is 13.5. The molecular weight excluding hydrogens is 440 g/mol. The number of nitrogens with one attached hydrogen (secondary N) is 2. The third-order valence-corrected chi connectivity index (χ3v) is 6.34. The third kappa shape index (κ3) is 7.01. The number of likely N-dealkylation sites (tertiary alicyclic amines) is 1. The summed E-state index contributed by atoms with van der Waals surface area (Å²) in [5, 5.41) is 24.4. The Bertz CT molecular complexity index is 862. The lowest BCUT2D eigenvalue weighted by Crippen LogP contribution is -2.58. The molecule has 1 aromatic carbocycles. The molecule has 3 amide bonds. The van der Waals surface area contributed by atoms with E-state index in [1.807, 2.05) is 37.3 Å². The fraction of sp³-hybridized carbons (Fsp3) is 0.583. The molecule has 0 radical (unpaired) electrons. The number of aliphatic hydroxyl groups is 1. The molecule has 0 spiro atoms. The first-order valence-electron chi connectivity index (χ1n) is 11.7. The molecule has 1 heterocycles. The smallest absolute Gasteiger partial charge is 0.326 e. The van der Waals surface area contributed by atoms with E-state index in [-0.39, 0.29) is 12.3 Å². The summed E-state index contributed by atoms with van der Waals surface area (Å²) in [6.07, 6.45) is 0.603. The van der Waals surface area contributed by atoms with Crippen LogP contribution in [0.15, 0.2) is 30.3 Å². The highest BCUT2D eigenvalue weighted by Crippen LogP contribution is 2.21. The van der Waals surface area contributed by atoms with Gasteiger partial charge in [-0.15, -0.1) is 0 Å². The Morgan fingerprint density at radius 1 is 1.15 bits per heavy atom. The van der Waals surface area contributed by atoms with Crippen LogP contribution in [0.25, 0.3) is 0 Å². The van der Waals surface area contributed by atoms with Crippen molar-refractivity contribution < 1.29 is 29.4 Å². The van der Waals surface area contributed by atoms with Crippen LogP contribution in [0.5, 0.6) is 0 Å². The number of carbonyl (C=O) groups excluding carboxylic acids is 3. The fourth-order valence-corrected chi connectivity index (χ4v) is 3.97. The van der Waals surface area contributed by atoms with E-state index < -0.39 is 54.0 Å². The Hall–Kier alpha value is -2.98. The van der Waals surface area contributed by atoms with Crippen molar-refractivity contribution in [3.63, 3.8) is 0 Å². The fourth-order valence-electron chi connectivity index (χ4n) is 3.97. The maximum atomic E-state index is 13.5. The van der Waals surface area contributed by atoms with Crippen molar-refractivity contribution in [3.05, 3.63) is 35.9 Å². The van der Waals surface area contributed by atoms with Crippen LogP contribution in [0.4, 0.5) is 0 Å². The van der Waals surface area contributed by atoms with Gasteiger partial charge in [0.2, 0.25) is 17.7 Å². The van der Waals surface area contributed by atoms with Gasteiger partial charge in [0, 0.05) is 13.0 Å². The first-order chi connectivity index (χ1) is 16.1. The molecule has 34 heavy (non-hydrogen) atoms. The average Bonchev–Trinajstić information content (AvgIpc) is 3.30. The summed E-state index contributed by atoms with van der Waals surface area (Å²) in [7, 11) is 0. The van der Waals surface area contributed by atoms with Crippen LogP contribution in [0, 0.1) is 5.92 Å². The molecule has 2 rings (SSSR count). The minimum Gasteiger partial charge on any atom is -0.480 e. The Labute approximate surface area is 199 Å². The van der Waals surface area contributed by atoms with E-state index in [2.05, 4.69) is 10.6 Å². The summed E-state index contributed by atoms with van der Waals surface area (Å²) in [5.74, 6) is -3.06. The normalized spacial score (nSPS) is 20.0. The largest absolute Gasteiger partial charge is 0.480 e. The molecule has 1 fully saturated rings. The van der Waals surface area contributed by atoms with Crippen LogP contribution >= 0.6 is 0 Å². The van der Waals surface area contributed by atoms with Crippen LogP contribution in [-0.2, 0) is 25.6 Å². The molecule has 6 N–H and O–H groups in total. The molecule has 0 saturated carbocycles. The highest BCUT2D eigenvalue weighted by Gasteiger charge is 2.39. The number of carboxylic acids is 1. The van der Waals surface area contributed by atoms with Crippen LogP contribution in [0.2, 0.25) is 0 Å². The van der Waals surface area contributed by atoms with Crippen LogP contribution < -0.4 is 16.4 Å². The number of carbonyl (C=O) groups is 4. The number of amides is 3. The zero-order valence-corrected chi connectivity index (χ0v) is 19.9. The van der Waals surface area contributed by atoms with Crippen molar-refractivity contribution in [3.8, 4) is 0 Å². The number of benzene rings is 1. The Balaban J connectivity index is 2.23. The van der Waals surface area contributed by atoms with E-state index in [4.69, 9.17) is 5.73 Å². The van der Waals surface area contributed by atoms with Crippen molar-refractivity contribution in [1.29, 1.82) is 0 Å². The molecule has 1 aromatic rings. The predicted molar refractivity (Wildman–Crippen MR) is 125 cm³/mol. The van der Waals surface area contributed by atoms with E-state index in [9.17, 15) is 29.4 Å². The topological polar surface area (TPSA) is 162 Å². The number of carboxylic acid groups (broad SMARTS) is 1. The maximum Gasteiger partial charge on any atom is 0.326 e. The minimum atomic E-state index is -1.21. The van der Waals surface area contributed by atoms with Crippen LogP contribution in [-0.4, -0.2) is 75.6 Å². The van der Waals surface area contributed by atoms with Crippen LogP contribution in [0.1, 0.15) is 45.6 Å². The van der Waals surface area contributed by atoms with Gasteiger partial charge in [-0.3, -0.25) is 14.4 Å². The number of nitrogens with two attached hydrogens (primary N) is 1. The summed E-state index contributed by atoms with van der Waals surface area (Å²) < 4.78 is 0. The number of rotatable bonds is 11. The van der Waals surface area contributed by atoms with Gasteiger partial charge in [-0.2, -0.15) is 0 Å². The van der Waals surface area contributed by atoms with Crippen molar-refractivity contribution >= 4 is 23.7 Å². The van der Waals surface area contributed by atoms with Gasteiger partial charge >= 0.3 is 5.97 Å². The SMILES string of the molecule is CCC(C)C(NC(=O)C1CCCN1C(=O)C(Cc1ccccc1)NC(=O)C(N)C(C)O)C(=O)O. The predicted octanol–water partition coefficient (Wildman–Crippen LogP) is 0.0285. The summed E-state index contributed by atoms with van der Waals surface area (Å²) in [4.78, 5) is 52.1. The number of nitrogens with zero attached hydrogens (tertiary/aromatic N) is 1. The number of hydrogen-bond donors (Lipinski definition) is 5. The highest BCUT2D eigenvalue weighted by molar-refractivity contribution is 5.94. The second-order valence-corrected chi connectivity index (χ2v) is 8.92. The monoisotopic (exact) mass is 476 g/mol. The number of hydrogen-bond acceptors (Lipinski definition) is 6. The number of aliphatic carboxylic acids is 1. The molecule has 0 aromatic heterocycles. The Morgan fingerprint density at radius 3 is 2.35 bits per heavy atom.